The molecule has 0 atom stereocenters. The summed E-state index contributed by atoms with van der Waals surface area (Å²) in [6, 6.07) is 5.01. The molecule has 17 heavy (non-hydrogen) atoms. The standard InChI is InChI=1S/C14H21FN2/c1-14(2)7-5-11(6-8-14)17-13-4-3-10(15)9-12(13)16/h3-4,9,11,17H,5-8,16H2,1-2H3. The first kappa shape index (κ1) is 12.2. The Kier molecular flexibility index (Phi) is 3.27. The van der Waals surface area contributed by atoms with E-state index >= 15 is 0 Å². The Balaban J connectivity index is 1.98. The van der Waals surface area contributed by atoms with Crippen molar-refractivity contribution >= 4 is 11.4 Å². The van der Waals surface area contributed by atoms with Crippen molar-refractivity contribution in [2.45, 2.75) is 45.6 Å². The SMILES string of the molecule is CC1(C)CCC(Nc2ccc(F)cc2N)CC1. The largest absolute Gasteiger partial charge is 0.397 e. The second-order valence-corrected chi connectivity index (χ2v) is 5.81. The lowest BCUT2D eigenvalue weighted by molar-refractivity contribution is 0.232. The number of nitrogens with two attached hydrogens (primary N) is 1. The van der Waals surface area contributed by atoms with Gasteiger partial charge in [0.2, 0.25) is 0 Å². The monoisotopic (exact) mass is 236 g/mol. The van der Waals surface area contributed by atoms with Gasteiger partial charge in [-0.15, -0.1) is 0 Å². The minimum atomic E-state index is -0.280. The van der Waals surface area contributed by atoms with E-state index in [1.165, 1.54) is 25.0 Å². The van der Waals surface area contributed by atoms with Gasteiger partial charge in [-0.25, -0.2) is 4.39 Å². The van der Waals surface area contributed by atoms with Crippen LogP contribution < -0.4 is 11.1 Å². The molecule has 1 saturated carbocycles. The lowest BCUT2D eigenvalue weighted by atomic mass is 9.75. The highest BCUT2D eigenvalue weighted by atomic mass is 19.1. The fraction of sp³-hybridized carbons (Fsp3) is 0.571. The van der Waals surface area contributed by atoms with Gasteiger partial charge >= 0.3 is 0 Å². The number of nitrogens with one attached hydrogen (secondary N) is 1. The second kappa shape index (κ2) is 4.55. The van der Waals surface area contributed by atoms with Crippen LogP contribution in [-0.4, -0.2) is 6.04 Å². The van der Waals surface area contributed by atoms with E-state index < -0.39 is 0 Å². The number of anilines is 2. The van der Waals surface area contributed by atoms with E-state index in [1.807, 2.05) is 0 Å². The molecule has 0 spiro atoms. The normalized spacial score (nSPS) is 20.2. The molecule has 1 aromatic rings. The van der Waals surface area contributed by atoms with Crippen molar-refractivity contribution in [1.82, 2.24) is 0 Å². The highest BCUT2D eigenvalue weighted by Gasteiger charge is 2.26. The summed E-state index contributed by atoms with van der Waals surface area (Å²) in [4.78, 5) is 0. The summed E-state index contributed by atoms with van der Waals surface area (Å²) >= 11 is 0. The highest BCUT2D eigenvalue weighted by molar-refractivity contribution is 5.66. The molecule has 0 heterocycles. The van der Waals surface area contributed by atoms with Crippen LogP contribution in [0, 0.1) is 11.2 Å². The lowest BCUT2D eigenvalue weighted by Crippen LogP contribution is -2.30. The van der Waals surface area contributed by atoms with Crippen molar-refractivity contribution in [3.05, 3.63) is 24.0 Å². The molecule has 1 aliphatic carbocycles. The zero-order valence-electron chi connectivity index (χ0n) is 10.6. The summed E-state index contributed by atoms with van der Waals surface area (Å²) in [6.45, 7) is 4.63. The molecule has 0 amide bonds. The molecule has 94 valence electrons. The van der Waals surface area contributed by atoms with Crippen LogP contribution in [0.5, 0.6) is 0 Å². The van der Waals surface area contributed by atoms with Gasteiger partial charge in [0, 0.05) is 6.04 Å². The third kappa shape index (κ3) is 3.11. The Hall–Kier alpha value is -1.25. The molecule has 0 aromatic heterocycles. The fourth-order valence-corrected chi connectivity index (χ4v) is 2.43. The van der Waals surface area contributed by atoms with E-state index in [9.17, 15) is 4.39 Å². The first-order chi connectivity index (χ1) is 7.96. The summed E-state index contributed by atoms with van der Waals surface area (Å²) in [5, 5.41) is 3.42. The van der Waals surface area contributed by atoms with E-state index in [2.05, 4.69) is 19.2 Å². The first-order valence-corrected chi connectivity index (χ1v) is 6.28. The van der Waals surface area contributed by atoms with Crippen molar-refractivity contribution in [2.24, 2.45) is 5.41 Å². The number of hydrogen-bond acceptors (Lipinski definition) is 2. The third-order valence-electron chi connectivity index (χ3n) is 3.71. The van der Waals surface area contributed by atoms with Crippen LogP contribution >= 0.6 is 0 Å². The molecule has 2 nitrogen and oxygen atoms in total. The Labute approximate surface area is 102 Å². The Morgan fingerprint density at radius 1 is 1.29 bits per heavy atom. The van der Waals surface area contributed by atoms with Gasteiger partial charge < -0.3 is 11.1 Å². The van der Waals surface area contributed by atoms with E-state index in [4.69, 9.17) is 5.73 Å². The highest BCUT2D eigenvalue weighted by Crippen LogP contribution is 2.36. The summed E-state index contributed by atoms with van der Waals surface area (Å²) < 4.78 is 12.9. The van der Waals surface area contributed by atoms with E-state index in [0.717, 1.165) is 18.5 Å². The van der Waals surface area contributed by atoms with Gasteiger partial charge in [-0.3, -0.25) is 0 Å². The molecule has 3 heteroatoms. The van der Waals surface area contributed by atoms with Crippen LogP contribution in [0.4, 0.5) is 15.8 Å². The topological polar surface area (TPSA) is 38.0 Å². The van der Waals surface area contributed by atoms with Gasteiger partial charge in [0.1, 0.15) is 5.82 Å². The summed E-state index contributed by atoms with van der Waals surface area (Å²) in [6.07, 6.45) is 4.77. The van der Waals surface area contributed by atoms with Crippen LogP contribution in [0.1, 0.15) is 39.5 Å². The number of hydrogen-bond donors (Lipinski definition) is 2. The molecular weight excluding hydrogens is 215 g/mol. The van der Waals surface area contributed by atoms with Crippen molar-refractivity contribution in [3.8, 4) is 0 Å². The zero-order valence-corrected chi connectivity index (χ0v) is 10.6. The smallest absolute Gasteiger partial charge is 0.125 e. The fourth-order valence-electron chi connectivity index (χ4n) is 2.43. The van der Waals surface area contributed by atoms with Gasteiger partial charge in [-0.05, 0) is 49.3 Å². The van der Waals surface area contributed by atoms with Crippen molar-refractivity contribution in [2.75, 3.05) is 11.1 Å². The van der Waals surface area contributed by atoms with Crippen LogP contribution in [0.3, 0.4) is 0 Å². The number of halogens is 1. The summed E-state index contributed by atoms with van der Waals surface area (Å²) in [5.41, 5.74) is 7.61. The number of rotatable bonds is 2. The number of benzene rings is 1. The summed E-state index contributed by atoms with van der Waals surface area (Å²) in [7, 11) is 0. The average molecular weight is 236 g/mol. The average Bonchev–Trinajstić information content (AvgIpc) is 2.25. The minimum absolute atomic E-state index is 0.280. The maximum Gasteiger partial charge on any atom is 0.125 e. The molecule has 2 rings (SSSR count). The second-order valence-electron chi connectivity index (χ2n) is 5.81. The molecule has 0 saturated heterocycles. The Bertz CT molecular complexity index is 391. The van der Waals surface area contributed by atoms with Crippen molar-refractivity contribution in [3.63, 3.8) is 0 Å². The van der Waals surface area contributed by atoms with Crippen LogP contribution in [-0.2, 0) is 0 Å². The van der Waals surface area contributed by atoms with E-state index in [-0.39, 0.29) is 5.82 Å². The Morgan fingerprint density at radius 3 is 2.53 bits per heavy atom. The molecule has 0 radical (unpaired) electrons. The zero-order chi connectivity index (χ0) is 12.5. The van der Waals surface area contributed by atoms with Gasteiger partial charge in [0.15, 0.2) is 0 Å². The minimum Gasteiger partial charge on any atom is -0.397 e. The van der Waals surface area contributed by atoms with E-state index in [0.29, 0.717) is 17.1 Å². The molecule has 0 unspecified atom stereocenters. The Morgan fingerprint density at radius 2 is 1.94 bits per heavy atom. The molecule has 1 fully saturated rings. The van der Waals surface area contributed by atoms with Gasteiger partial charge in [0.25, 0.3) is 0 Å². The van der Waals surface area contributed by atoms with Crippen molar-refractivity contribution in [1.29, 1.82) is 0 Å². The quantitative estimate of drug-likeness (QED) is 0.767. The van der Waals surface area contributed by atoms with Crippen LogP contribution in [0.25, 0.3) is 0 Å². The van der Waals surface area contributed by atoms with Crippen LogP contribution in [0.15, 0.2) is 18.2 Å². The lowest BCUT2D eigenvalue weighted by Gasteiger charge is -2.35. The van der Waals surface area contributed by atoms with Crippen molar-refractivity contribution < 1.29 is 4.39 Å². The maximum atomic E-state index is 12.9. The maximum absolute atomic E-state index is 12.9. The number of nitrogen functional groups attached to an aromatic ring is 1. The van der Waals surface area contributed by atoms with Gasteiger partial charge in [-0.2, -0.15) is 0 Å². The third-order valence-corrected chi connectivity index (χ3v) is 3.71. The summed E-state index contributed by atoms with van der Waals surface area (Å²) in [5.74, 6) is -0.280. The predicted octanol–water partition coefficient (Wildman–Crippen LogP) is 3.79. The molecular formula is C14H21FN2. The molecule has 0 aliphatic heterocycles. The predicted molar refractivity (Wildman–Crippen MR) is 70.5 cm³/mol. The van der Waals surface area contributed by atoms with Crippen LogP contribution in [0.2, 0.25) is 0 Å². The molecule has 1 aliphatic rings. The molecule has 0 bridgehead atoms. The van der Waals surface area contributed by atoms with Gasteiger partial charge in [0.05, 0.1) is 11.4 Å². The van der Waals surface area contributed by atoms with Gasteiger partial charge in [-0.1, -0.05) is 13.8 Å². The van der Waals surface area contributed by atoms with E-state index in [1.54, 1.807) is 6.07 Å². The molecule has 3 N–H and O–H groups in total. The first-order valence-electron chi connectivity index (χ1n) is 6.28. The molecule has 1 aromatic carbocycles.